The third-order valence-corrected chi connectivity index (χ3v) is 9.91. The van der Waals surface area contributed by atoms with E-state index in [9.17, 15) is 13.2 Å². The highest BCUT2D eigenvalue weighted by atomic mass is 35.5. The number of benzene rings is 1. The molecule has 2 saturated heterocycles. The maximum atomic E-state index is 13.0. The second kappa shape index (κ2) is 11.0. The Hall–Kier alpha value is -1.56. The fourth-order valence-corrected chi connectivity index (χ4v) is 7.06. The number of hydrogen-bond acceptors (Lipinski definition) is 7. The Labute approximate surface area is 210 Å². The van der Waals surface area contributed by atoms with Gasteiger partial charge in [0.05, 0.1) is 16.5 Å². The largest absolute Gasteiger partial charge is 0.383 e. The lowest BCUT2D eigenvalue weighted by molar-refractivity contribution is 0.0589. The summed E-state index contributed by atoms with van der Waals surface area (Å²) in [4.78, 5) is 22.0. The van der Waals surface area contributed by atoms with E-state index >= 15 is 0 Å². The summed E-state index contributed by atoms with van der Waals surface area (Å²) in [5.74, 6) is 0.135. The van der Waals surface area contributed by atoms with Crippen LogP contribution < -0.4 is 0 Å². The van der Waals surface area contributed by atoms with Crippen LogP contribution in [0.3, 0.4) is 0 Å². The van der Waals surface area contributed by atoms with Gasteiger partial charge in [-0.25, -0.2) is 13.4 Å². The number of halogens is 1. The summed E-state index contributed by atoms with van der Waals surface area (Å²) in [7, 11) is -1.88. The van der Waals surface area contributed by atoms with Gasteiger partial charge >= 0.3 is 0 Å². The number of piperidine rings is 1. The van der Waals surface area contributed by atoms with Crippen LogP contribution in [0, 0.1) is 6.92 Å². The summed E-state index contributed by atoms with van der Waals surface area (Å²) in [6.45, 7) is 7.32. The van der Waals surface area contributed by atoms with Crippen LogP contribution in [-0.4, -0.2) is 92.9 Å². The predicted molar refractivity (Wildman–Crippen MR) is 133 cm³/mol. The Balaban J connectivity index is 1.33. The summed E-state index contributed by atoms with van der Waals surface area (Å²) in [5.41, 5.74) is 1.34. The first-order chi connectivity index (χ1) is 16.3. The second-order valence-electron chi connectivity index (χ2n) is 8.79. The van der Waals surface area contributed by atoms with Gasteiger partial charge in [0.25, 0.3) is 5.91 Å². The molecule has 0 atom stereocenters. The van der Waals surface area contributed by atoms with Crippen molar-refractivity contribution < 1.29 is 17.9 Å². The molecule has 3 heterocycles. The van der Waals surface area contributed by atoms with E-state index in [1.165, 1.54) is 21.7 Å². The Morgan fingerprint density at radius 2 is 1.88 bits per heavy atom. The second-order valence-corrected chi connectivity index (χ2v) is 12.0. The zero-order chi connectivity index (χ0) is 24.3. The van der Waals surface area contributed by atoms with Crippen molar-refractivity contribution in [3.8, 4) is 0 Å². The number of nitrogens with zero attached hydrogens (tertiary/aromatic N) is 4. The van der Waals surface area contributed by atoms with E-state index in [1.807, 2.05) is 17.2 Å². The van der Waals surface area contributed by atoms with Gasteiger partial charge in [-0.3, -0.25) is 9.69 Å². The summed E-state index contributed by atoms with van der Waals surface area (Å²) < 4.78 is 32.7. The first kappa shape index (κ1) is 25.5. The first-order valence-corrected chi connectivity index (χ1v) is 14.2. The molecule has 11 heteroatoms. The number of piperazine rings is 1. The number of sulfonamides is 1. The molecule has 2 aliphatic rings. The maximum absolute atomic E-state index is 13.0. The van der Waals surface area contributed by atoms with E-state index < -0.39 is 10.0 Å². The van der Waals surface area contributed by atoms with Crippen molar-refractivity contribution in [1.29, 1.82) is 0 Å². The number of carbonyl (C=O) groups excluding carboxylic acids is 1. The molecule has 0 radical (unpaired) electrons. The lowest BCUT2D eigenvalue weighted by atomic mass is 9.99. The lowest BCUT2D eigenvalue weighted by Gasteiger charge is -2.34. The average molecular weight is 527 g/mol. The highest BCUT2D eigenvalue weighted by Gasteiger charge is 2.32. The van der Waals surface area contributed by atoms with E-state index in [4.69, 9.17) is 16.3 Å². The van der Waals surface area contributed by atoms with Crippen molar-refractivity contribution >= 4 is 38.9 Å². The Morgan fingerprint density at radius 3 is 2.53 bits per heavy atom. The zero-order valence-electron chi connectivity index (χ0n) is 19.6. The lowest BCUT2D eigenvalue weighted by Crippen LogP contribution is -2.49. The van der Waals surface area contributed by atoms with Crippen molar-refractivity contribution in [3.63, 3.8) is 0 Å². The van der Waals surface area contributed by atoms with Gasteiger partial charge in [-0.2, -0.15) is 4.31 Å². The highest BCUT2D eigenvalue weighted by Crippen LogP contribution is 2.33. The Kier molecular flexibility index (Phi) is 8.27. The molecule has 34 heavy (non-hydrogen) atoms. The van der Waals surface area contributed by atoms with E-state index in [0.29, 0.717) is 56.3 Å². The van der Waals surface area contributed by atoms with E-state index in [-0.39, 0.29) is 16.7 Å². The van der Waals surface area contributed by atoms with Gasteiger partial charge in [0.2, 0.25) is 10.0 Å². The number of carbonyl (C=O) groups is 1. The molecule has 0 bridgehead atoms. The van der Waals surface area contributed by atoms with Crippen molar-refractivity contribution in [2.75, 3.05) is 59.5 Å². The monoisotopic (exact) mass is 526 g/mol. The van der Waals surface area contributed by atoms with Gasteiger partial charge in [-0.15, -0.1) is 11.3 Å². The quantitative estimate of drug-likeness (QED) is 0.551. The summed E-state index contributed by atoms with van der Waals surface area (Å²) in [6, 6.07) is 4.86. The fourth-order valence-electron chi connectivity index (χ4n) is 4.36. The predicted octanol–water partition coefficient (Wildman–Crippen LogP) is 3.08. The minimum Gasteiger partial charge on any atom is -0.383 e. The molecule has 186 valence electrons. The van der Waals surface area contributed by atoms with Gasteiger partial charge in [-0.05, 0) is 37.5 Å². The van der Waals surface area contributed by atoms with E-state index in [2.05, 4.69) is 9.88 Å². The molecule has 0 spiro atoms. The van der Waals surface area contributed by atoms with Crippen LogP contribution in [0.4, 0.5) is 0 Å². The summed E-state index contributed by atoms with van der Waals surface area (Å²) in [5, 5.41) is 3.21. The molecule has 1 amide bonds. The van der Waals surface area contributed by atoms with Crippen LogP contribution in [0.5, 0.6) is 0 Å². The van der Waals surface area contributed by atoms with Crippen molar-refractivity contribution in [2.24, 2.45) is 0 Å². The van der Waals surface area contributed by atoms with Crippen LogP contribution >= 0.6 is 22.9 Å². The fraction of sp³-hybridized carbons (Fsp3) is 0.565. The number of aryl methyl sites for hydroxylation is 1. The molecular formula is C23H31ClN4O4S2. The topological polar surface area (TPSA) is 83.0 Å². The van der Waals surface area contributed by atoms with Crippen LogP contribution in [0.1, 0.15) is 39.8 Å². The zero-order valence-corrected chi connectivity index (χ0v) is 22.0. The smallest absolute Gasteiger partial charge is 0.273 e. The van der Waals surface area contributed by atoms with Crippen LogP contribution in [0.2, 0.25) is 5.02 Å². The third kappa shape index (κ3) is 5.63. The van der Waals surface area contributed by atoms with Crippen molar-refractivity contribution in [2.45, 2.75) is 30.6 Å². The van der Waals surface area contributed by atoms with Gasteiger partial charge in [0.15, 0.2) is 0 Å². The van der Waals surface area contributed by atoms with Gasteiger partial charge in [0, 0.05) is 69.2 Å². The number of rotatable bonds is 7. The average Bonchev–Trinajstić information content (AvgIpc) is 3.34. The number of thiazole rings is 1. The normalized spacial score (nSPS) is 19.0. The highest BCUT2D eigenvalue weighted by molar-refractivity contribution is 7.89. The van der Waals surface area contributed by atoms with E-state index in [0.717, 1.165) is 30.2 Å². The molecule has 0 aliphatic carbocycles. The molecule has 2 aromatic rings. The molecule has 0 unspecified atom stereocenters. The number of hydrogen-bond donors (Lipinski definition) is 0. The Bertz CT molecular complexity index is 1110. The molecule has 8 nitrogen and oxygen atoms in total. The summed E-state index contributed by atoms with van der Waals surface area (Å²) in [6.07, 6.45) is 1.36. The maximum Gasteiger partial charge on any atom is 0.273 e. The van der Waals surface area contributed by atoms with Crippen molar-refractivity contribution in [1.82, 2.24) is 19.1 Å². The number of aromatic nitrogens is 1. The molecule has 2 fully saturated rings. The minimum absolute atomic E-state index is 0.0230. The number of ether oxygens (including phenoxy) is 1. The molecule has 2 aliphatic heterocycles. The molecular weight excluding hydrogens is 496 g/mol. The molecule has 1 aromatic heterocycles. The molecule has 0 N–H and O–H groups in total. The van der Waals surface area contributed by atoms with Crippen LogP contribution in [0.15, 0.2) is 28.5 Å². The van der Waals surface area contributed by atoms with Crippen molar-refractivity contribution in [3.05, 3.63) is 44.9 Å². The summed E-state index contributed by atoms with van der Waals surface area (Å²) >= 11 is 7.64. The Morgan fingerprint density at radius 1 is 1.18 bits per heavy atom. The standard InChI is InChI=1S/C23H31ClN4O4S2/c1-17-3-4-19(15-20(17)24)34(30,31)28-7-5-18(6-8-28)22-25-21(16-33-22)23(29)27-11-9-26(10-12-27)13-14-32-2/h3-4,15-16,18H,5-14H2,1-2H3. The van der Waals surface area contributed by atoms with Gasteiger partial charge < -0.3 is 9.64 Å². The van der Waals surface area contributed by atoms with E-state index in [1.54, 1.807) is 19.2 Å². The van der Waals surface area contributed by atoms with Gasteiger partial charge in [0.1, 0.15) is 5.69 Å². The van der Waals surface area contributed by atoms with Crippen LogP contribution in [-0.2, 0) is 14.8 Å². The number of methoxy groups -OCH3 is 1. The first-order valence-electron chi connectivity index (χ1n) is 11.5. The minimum atomic E-state index is -3.58. The van der Waals surface area contributed by atoms with Crippen LogP contribution in [0.25, 0.3) is 0 Å². The molecule has 4 rings (SSSR count). The third-order valence-electron chi connectivity index (χ3n) is 6.60. The van der Waals surface area contributed by atoms with Gasteiger partial charge in [-0.1, -0.05) is 17.7 Å². The number of amides is 1. The molecule has 1 aromatic carbocycles. The SMILES string of the molecule is COCCN1CCN(C(=O)c2csc(C3CCN(S(=O)(=O)c4ccc(C)c(Cl)c4)CC3)n2)CC1. The molecule has 0 saturated carbocycles.